The molecule has 0 aliphatic carbocycles. The molecular weight excluding hydrogens is 376 g/mol. The summed E-state index contributed by atoms with van der Waals surface area (Å²) in [5.41, 5.74) is 6.75. The summed E-state index contributed by atoms with van der Waals surface area (Å²) in [6.45, 7) is 2.67. The maximum atomic E-state index is 12.4. The number of methoxy groups -OCH3 is 1. The zero-order chi connectivity index (χ0) is 19.2. The van der Waals surface area contributed by atoms with Gasteiger partial charge in [0.2, 0.25) is 10.0 Å². The fourth-order valence-electron chi connectivity index (χ4n) is 2.24. The van der Waals surface area contributed by atoms with Gasteiger partial charge in [0.25, 0.3) is 0 Å². The average molecular weight is 399 g/mol. The van der Waals surface area contributed by atoms with Crippen molar-refractivity contribution in [2.24, 2.45) is 0 Å². The fraction of sp³-hybridized carbons (Fsp3) is 0.333. The van der Waals surface area contributed by atoms with Gasteiger partial charge < -0.3 is 15.2 Å². The van der Waals surface area contributed by atoms with Gasteiger partial charge in [-0.15, -0.1) is 0 Å². The van der Waals surface area contributed by atoms with Gasteiger partial charge in [0, 0.05) is 12.2 Å². The van der Waals surface area contributed by atoms with Gasteiger partial charge in [0.15, 0.2) is 11.5 Å². The van der Waals surface area contributed by atoms with E-state index in [0.717, 1.165) is 12.8 Å². The van der Waals surface area contributed by atoms with E-state index >= 15 is 0 Å². The van der Waals surface area contributed by atoms with Crippen molar-refractivity contribution in [1.82, 2.24) is 4.72 Å². The maximum absolute atomic E-state index is 12.4. The van der Waals surface area contributed by atoms with E-state index in [0.29, 0.717) is 34.4 Å². The summed E-state index contributed by atoms with van der Waals surface area (Å²) in [6, 6.07) is 9.36. The molecule has 0 bridgehead atoms. The zero-order valence-electron chi connectivity index (χ0n) is 14.8. The van der Waals surface area contributed by atoms with E-state index in [1.165, 1.54) is 31.4 Å². The number of rotatable bonds is 9. The van der Waals surface area contributed by atoms with Crippen molar-refractivity contribution in [2.45, 2.75) is 31.2 Å². The van der Waals surface area contributed by atoms with Crippen LogP contribution in [0.3, 0.4) is 0 Å². The normalized spacial score (nSPS) is 11.3. The third-order valence-corrected chi connectivity index (χ3v) is 5.39. The average Bonchev–Trinajstić information content (AvgIpc) is 2.62. The summed E-state index contributed by atoms with van der Waals surface area (Å²) >= 11 is 6.28. The molecule has 2 aromatic carbocycles. The largest absolute Gasteiger partial charge is 0.493 e. The Kier molecular flexibility index (Phi) is 7.14. The summed E-state index contributed by atoms with van der Waals surface area (Å²) in [5.74, 6) is 0.933. The van der Waals surface area contributed by atoms with Gasteiger partial charge in [-0.25, -0.2) is 13.1 Å². The Balaban J connectivity index is 2.14. The van der Waals surface area contributed by atoms with Crippen LogP contribution < -0.4 is 19.9 Å². The molecule has 8 heteroatoms. The van der Waals surface area contributed by atoms with Crippen molar-refractivity contribution in [3.8, 4) is 11.5 Å². The van der Waals surface area contributed by atoms with Crippen molar-refractivity contribution < 1.29 is 17.9 Å². The zero-order valence-corrected chi connectivity index (χ0v) is 16.4. The highest BCUT2D eigenvalue weighted by atomic mass is 35.5. The number of ether oxygens (including phenoxy) is 2. The highest BCUT2D eigenvalue weighted by Crippen LogP contribution is 2.36. The lowest BCUT2D eigenvalue weighted by Crippen LogP contribution is -2.23. The molecule has 2 rings (SSSR count). The van der Waals surface area contributed by atoms with Crippen LogP contribution in [0.5, 0.6) is 11.5 Å². The predicted molar refractivity (Wildman–Crippen MR) is 103 cm³/mol. The first-order chi connectivity index (χ1) is 12.4. The molecule has 0 atom stereocenters. The Morgan fingerprint density at radius 1 is 1.19 bits per heavy atom. The van der Waals surface area contributed by atoms with Gasteiger partial charge in [-0.05, 0) is 48.4 Å². The lowest BCUT2D eigenvalue weighted by Gasteiger charge is -2.14. The molecular formula is C18H23ClN2O4S. The molecule has 0 spiro atoms. The number of benzene rings is 2. The third kappa shape index (κ3) is 5.27. The number of halogens is 1. The maximum Gasteiger partial charge on any atom is 0.240 e. The topological polar surface area (TPSA) is 90.7 Å². The summed E-state index contributed by atoms with van der Waals surface area (Å²) < 4.78 is 38.3. The first-order valence-electron chi connectivity index (χ1n) is 8.21. The van der Waals surface area contributed by atoms with Crippen LogP contribution >= 0.6 is 11.6 Å². The Labute approximate surface area is 159 Å². The SMILES string of the molecule is CCCCOc1c(Cl)cc(CNS(=O)(=O)c2ccc(N)cc2)cc1OC. The minimum absolute atomic E-state index is 0.0675. The van der Waals surface area contributed by atoms with E-state index in [1.807, 2.05) is 0 Å². The number of nitrogens with two attached hydrogens (primary N) is 1. The molecule has 0 aliphatic heterocycles. The molecule has 0 amide bonds. The molecule has 142 valence electrons. The molecule has 0 radical (unpaired) electrons. The monoisotopic (exact) mass is 398 g/mol. The number of nitrogens with one attached hydrogen (secondary N) is 1. The first-order valence-corrected chi connectivity index (χ1v) is 10.1. The highest BCUT2D eigenvalue weighted by Gasteiger charge is 2.16. The van der Waals surface area contributed by atoms with Gasteiger partial charge >= 0.3 is 0 Å². The summed E-state index contributed by atoms with van der Waals surface area (Å²) in [7, 11) is -2.14. The fourth-order valence-corrected chi connectivity index (χ4v) is 3.55. The van der Waals surface area contributed by atoms with E-state index in [-0.39, 0.29) is 11.4 Å². The Bertz CT molecular complexity index is 839. The quantitative estimate of drug-likeness (QED) is 0.497. The van der Waals surface area contributed by atoms with Crippen LogP contribution in [0.2, 0.25) is 5.02 Å². The van der Waals surface area contributed by atoms with Gasteiger partial charge in [-0.1, -0.05) is 24.9 Å². The lowest BCUT2D eigenvalue weighted by atomic mass is 10.2. The predicted octanol–water partition coefficient (Wildman–Crippen LogP) is 3.59. The molecule has 26 heavy (non-hydrogen) atoms. The summed E-state index contributed by atoms with van der Waals surface area (Å²) in [6.07, 6.45) is 1.91. The number of anilines is 1. The molecule has 0 aliphatic rings. The molecule has 2 aromatic rings. The van der Waals surface area contributed by atoms with E-state index < -0.39 is 10.0 Å². The van der Waals surface area contributed by atoms with Gasteiger partial charge in [0.1, 0.15) is 0 Å². The van der Waals surface area contributed by atoms with E-state index in [1.54, 1.807) is 12.1 Å². The molecule has 3 N–H and O–H groups in total. The molecule has 0 unspecified atom stereocenters. The van der Waals surface area contributed by atoms with Crippen molar-refractivity contribution in [3.05, 3.63) is 47.0 Å². The minimum Gasteiger partial charge on any atom is -0.493 e. The van der Waals surface area contributed by atoms with Crippen LogP contribution in [-0.2, 0) is 16.6 Å². The van der Waals surface area contributed by atoms with Gasteiger partial charge in [-0.3, -0.25) is 0 Å². The van der Waals surface area contributed by atoms with E-state index in [2.05, 4.69) is 11.6 Å². The van der Waals surface area contributed by atoms with Gasteiger partial charge in [0.05, 0.1) is 23.6 Å². The Hall–Kier alpha value is -1.96. The molecule has 0 saturated heterocycles. The molecule has 0 fully saturated rings. The summed E-state index contributed by atoms with van der Waals surface area (Å²) in [5, 5.41) is 0.377. The van der Waals surface area contributed by atoms with Crippen molar-refractivity contribution in [2.75, 3.05) is 19.5 Å². The van der Waals surface area contributed by atoms with Crippen LogP contribution in [-0.4, -0.2) is 22.1 Å². The molecule has 0 heterocycles. The van der Waals surface area contributed by atoms with Crippen LogP contribution in [0.4, 0.5) is 5.69 Å². The number of hydrogen-bond donors (Lipinski definition) is 2. The second-order valence-corrected chi connectivity index (χ2v) is 7.88. The molecule has 0 saturated carbocycles. The van der Waals surface area contributed by atoms with Crippen molar-refractivity contribution in [3.63, 3.8) is 0 Å². The number of sulfonamides is 1. The summed E-state index contributed by atoms with van der Waals surface area (Å²) in [4.78, 5) is 0.143. The second-order valence-electron chi connectivity index (χ2n) is 5.70. The highest BCUT2D eigenvalue weighted by molar-refractivity contribution is 7.89. The number of hydrogen-bond acceptors (Lipinski definition) is 5. The van der Waals surface area contributed by atoms with Crippen molar-refractivity contribution >= 4 is 27.3 Å². The van der Waals surface area contributed by atoms with Crippen LogP contribution in [0.1, 0.15) is 25.3 Å². The second kappa shape index (κ2) is 9.12. The smallest absolute Gasteiger partial charge is 0.240 e. The first kappa shape index (κ1) is 20.4. The van der Waals surface area contributed by atoms with E-state index in [4.69, 9.17) is 26.8 Å². The number of unbranched alkanes of at least 4 members (excludes halogenated alkanes) is 1. The van der Waals surface area contributed by atoms with Crippen LogP contribution in [0, 0.1) is 0 Å². The number of nitrogen functional groups attached to an aromatic ring is 1. The molecule has 6 nitrogen and oxygen atoms in total. The Morgan fingerprint density at radius 2 is 1.88 bits per heavy atom. The van der Waals surface area contributed by atoms with Gasteiger partial charge in [-0.2, -0.15) is 0 Å². The van der Waals surface area contributed by atoms with Crippen molar-refractivity contribution in [1.29, 1.82) is 0 Å². The molecule has 0 aromatic heterocycles. The van der Waals surface area contributed by atoms with E-state index in [9.17, 15) is 8.42 Å². The third-order valence-electron chi connectivity index (χ3n) is 3.69. The van der Waals surface area contributed by atoms with Crippen LogP contribution in [0.25, 0.3) is 0 Å². The lowest BCUT2D eigenvalue weighted by molar-refractivity contribution is 0.288. The van der Waals surface area contributed by atoms with Crippen LogP contribution in [0.15, 0.2) is 41.3 Å². The Morgan fingerprint density at radius 3 is 2.50 bits per heavy atom. The minimum atomic E-state index is -3.66. The standard InChI is InChI=1S/C18H23ClN2O4S/c1-3-4-9-25-18-16(19)10-13(11-17(18)24-2)12-21-26(22,23)15-7-5-14(20)6-8-15/h5-8,10-11,21H,3-4,9,12,20H2,1-2H3.